The number of carbonyl (C=O) groups is 3. The lowest BCUT2D eigenvalue weighted by Crippen LogP contribution is -2.46. The molecule has 1 N–H and O–H groups in total. The molecule has 0 bridgehead atoms. The number of carbonyl (C=O) groups excluding carboxylic acids is 3. The summed E-state index contributed by atoms with van der Waals surface area (Å²) in [5, 5.41) is 2.68. The first-order valence-electron chi connectivity index (χ1n) is 11.3. The number of ether oxygens (including phenoxy) is 1. The maximum Gasteiger partial charge on any atom is 0.328 e. The third-order valence-electron chi connectivity index (χ3n) is 4.72. The Kier molecular flexibility index (Phi) is 5.42. The molecule has 24 heavy (non-hydrogen) atoms. The van der Waals surface area contributed by atoms with Crippen molar-refractivity contribution in [3.8, 4) is 0 Å². The number of hydrogen-bond acceptors (Lipinski definition) is 4. The summed E-state index contributed by atoms with van der Waals surface area (Å²) in [6.07, 6.45) is -0.289. The fraction of sp³-hybridized carbons (Fsp3) is 0.737. The van der Waals surface area contributed by atoms with Crippen LogP contribution in [0.25, 0.3) is 0 Å². The van der Waals surface area contributed by atoms with Crippen molar-refractivity contribution < 1.29 is 27.3 Å². The first-order chi connectivity index (χ1) is 13.8. The van der Waals surface area contributed by atoms with Crippen molar-refractivity contribution in [3.05, 3.63) is 12.1 Å². The lowest BCUT2D eigenvalue weighted by molar-refractivity contribution is -0.146. The number of Topliss-reactive ketones (excluding diaryl/α,β-unsaturated/α-hetero) is 1. The Morgan fingerprint density at radius 2 is 2.33 bits per heavy atom. The topological polar surface area (TPSA) is 72.5 Å². The second-order valence-corrected chi connectivity index (χ2v) is 6.24. The number of esters is 1. The van der Waals surface area contributed by atoms with Gasteiger partial charge in [0.25, 0.3) is 0 Å². The van der Waals surface area contributed by atoms with E-state index >= 15 is 0 Å². The fourth-order valence-electron chi connectivity index (χ4n) is 3.05. The average Bonchev–Trinajstić information content (AvgIpc) is 3.01. The molecule has 1 aliphatic rings. The van der Waals surface area contributed by atoms with Crippen molar-refractivity contribution in [2.75, 3.05) is 7.11 Å². The van der Waals surface area contributed by atoms with Crippen LogP contribution in [0.2, 0.25) is 0 Å². The van der Waals surface area contributed by atoms with E-state index in [2.05, 4.69) is 5.32 Å². The molecular formula is C19H31NO4. The maximum absolute atomic E-state index is 12.5. The molecule has 5 nitrogen and oxygen atoms in total. The molecule has 0 aromatic rings. The Hall–Kier alpha value is -1.65. The predicted molar refractivity (Wildman–Crippen MR) is 93.3 cm³/mol. The number of methoxy groups -OCH3 is 1. The minimum atomic E-state index is -2.99. The molecule has 1 rings (SSSR count). The van der Waals surface area contributed by atoms with Gasteiger partial charge >= 0.3 is 5.97 Å². The first-order valence-corrected chi connectivity index (χ1v) is 8.33. The van der Waals surface area contributed by atoms with Crippen molar-refractivity contribution in [1.29, 1.82) is 0 Å². The molecule has 0 radical (unpaired) electrons. The highest BCUT2D eigenvalue weighted by Crippen LogP contribution is 2.34. The molecule has 1 aliphatic carbocycles. The molecule has 0 aliphatic heterocycles. The summed E-state index contributed by atoms with van der Waals surface area (Å²) in [5.74, 6) is -2.07. The zero-order valence-corrected chi connectivity index (χ0v) is 14.6. The molecule has 0 spiro atoms. The van der Waals surface area contributed by atoms with Crippen LogP contribution in [0.3, 0.4) is 0 Å². The van der Waals surface area contributed by atoms with Gasteiger partial charge in [-0.2, -0.15) is 0 Å². The predicted octanol–water partition coefficient (Wildman–Crippen LogP) is 3.03. The first kappa shape index (κ1) is 12.7. The number of hydrogen-bond donors (Lipinski definition) is 1. The summed E-state index contributed by atoms with van der Waals surface area (Å²) in [7, 11) is 1.25. The summed E-state index contributed by atoms with van der Waals surface area (Å²) >= 11 is 0. The highest BCUT2D eigenvalue weighted by atomic mass is 16.5. The Morgan fingerprint density at radius 1 is 1.58 bits per heavy atom. The number of rotatable bonds is 9. The summed E-state index contributed by atoms with van der Waals surface area (Å²) in [6.45, 7) is 0.725. The van der Waals surface area contributed by atoms with Gasteiger partial charge in [-0.15, -0.1) is 0 Å². The van der Waals surface area contributed by atoms with Gasteiger partial charge in [0.05, 0.1) is 8.48 Å². The molecule has 0 aromatic carbocycles. The lowest BCUT2D eigenvalue weighted by Gasteiger charge is -2.23. The molecule has 1 saturated carbocycles. The van der Waals surface area contributed by atoms with E-state index in [0.29, 0.717) is 12.8 Å². The van der Waals surface area contributed by atoms with Crippen LogP contribution in [-0.4, -0.2) is 30.8 Å². The maximum atomic E-state index is 12.5. The minimum absolute atomic E-state index is 0.00298. The van der Waals surface area contributed by atoms with Gasteiger partial charge in [0.1, 0.15) is 11.8 Å². The monoisotopic (exact) mass is 343 g/mol. The van der Waals surface area contributed by atoms with E-state index in [-0.39, 0.29) is 42.8 Å². The van der Waals surface area contributed by atoms with E-state index in [1.807, 2.05) is 13.8 Å². The van der Waals surface area contributed by atoms with Gasteiger partial charge in [-0.3, -0.25) is 9.59 Å². The number of amides is 1. The van der Waals surface area contributed by atoms with E-state index in [1.54, 1.807) is 0 Å². The SMILES string of the molecule is [2H]/C(=C/C[C@@H]1C(=O)CC[C@H]1CC(=O)N[C@H](C(=O)OC)[C@@H](C)CC)C([2H])([2H])C([2H])([2H])[2H]. The zero-order valence-electron chi connectivity index (χ0n) is 20.6. The molecule has 136 valence electrons. The third-order valence-corrected chi connectivity index (χ3v) is 4.72. The molecular weight excluding hydrogens is 306 g/mol. The van der Waals surface area contributed by atoms with Crippen molar-refractivity contribution in [2.24, 2.45) is 17.8 Å². The van der Waals surface area contributed by atoms with Crippen LogP contribution in [0.5, 0.6) is 0 Å². The highest BCUT2D eigenvalue weighted by Gasteiger charge is 2.36. The van der Waals surface area contributed by atoms with Crippen molar-refractivity contribution in [3.63, 3.8) is 0 Å². The van der Waals surface area contributed by atoms with E-state index in [9.17, 15) is 14.4 Å². The van der Waals surface area contributed by atoms with Crippen LogP contribution in [0.4, 0.5) is 0 Å². The average molecular weight is 343 g/mol. The van der Waals surface area contributed by atoms with Crippen molar-refractivity contribution in [1.82, 2.24) is 5.32 Å². The van der Waals surface area contributed by atoms with Crippen LogP contribution < -0.4 is 5.32 Å². The normalized spacial score (nSPS) is 28.5. The molecule has 0 heterocycles. The van der Waals surface area contributed by atoms with E-state index in [4.69, 9.17) is 13.0 Å². The van der Waals surface area contributed by atoms with Gasteiger partial charge < -0.3 is 10.1 Å². The van der Waals surface area contributed by atoms with Gasteiger partial charge in [0.2, 0.25) is 5.91 Å². The number of ketones is 1. The Bertz CT molecular complexity index is 676. The third kappa shape index (κ3) is 5.77. The molecule has 0 aromatic heterocycles. The molecule has 0 unspecified atom stereocenters. The van der Waals surface area contributed by atoms with Gasteiger partial charge in [-0.1, -0.05) is 39.2 Å². The second kappa shape index (κ2) is 10.3. The minimum Gasteiger partial charge on any atom is -0.467 e. The largest absolute Gasteiger partial charge is 0.467 e. The van der Waals surface area contributed by atoms with Crippen molar-refractivity contribution >= 4 is 17.7 Å². The second-order valence-electron chi connectivity index (χ2n) is 6.24. The van der Waals surface area contributed by atoms with Crippen LogP contribution in [0.1, 0.15) is 67.4 Å². The molecule has 0 saturated heterocycles. The van der Waals surface area contributed by atoms with Crippen LogP contribution in [0.15, 0.2) is 12.1 Å². The zero-order chi connectivity index (χ0) is 23.3. The lowest BCUT2D eigenvalue weighted by atomic mass is 9.89. The van der Waals surface area contributed by atoms with Crippen LogP contribution in [-0.2, 0) is 19.1 Å². The van der Waals surface area contributed by atoms with E-state index in [0.717, 1.165) is 6.08 Å². The smallest absolute Gasteiger partial charge is 0.328 e. The van der Waals surface area contributed by atoms with Crippen LogP contribution >= 0.6 is 0 Å². The summed E-state index contributed by atoms with van der Waals surface area (Å²) < 4.78 is 49.5. The van der Waals surface area contributed by atoms with Crippen LogP contribution in [0, 0.1) is 17.8 Å². The van der Waals surface area contributed by atoms with E-state index in [1.165, 1.54) is 7.11 Å². The molecule has 4 atom stereocenters. The standard InChI is InChI=1S/C19H31NO4/c1-5-7-8-9-15-14(10-11-16(15)21)12-17(22)20-18(13(3)6-2)19(23)24-4/h7-8,13-15,18H,5-6,9-12H2,1-4H3,(H,20,22)/b8-7-/t13-,14-,15-,18-/m0/s1/i1D3,5D2,7D. The van der Waals surface area contributed by atoms with E-state index < -0.39 is 37.2 Å². The molecule has 5 heteroatoms. The summed E-state index contributed by atoms with van der Waals surface area (Å²) in [5.41, 5.74) is 0. The van der Waals surface area contributed by atoms with Gasteiger partial charge in [-0.05, 0) is 31.1 Å². The van der Waals surface area contributed by atoms with Gasteiger partial charge in [0.15, 0.2) is 0 Å². The highest BCUT2D eigenvalue weighted by molar-refractivity contribution is 5.87. The number of allylic oxidation sites excluding steroid dienone is 2. The van der Waals surface area contributed by atoms with Crippen molar-refractivity contribution in [2.45, 2.75) is 65.2 Å². The summed E-state index contributed by atoms with van der Waals surface area (Å²) in [6, 6.07) is -1.48. The molecule has 1 amide bonds. The number of nitrogens with one attached hydrogen (secondary N) is 1. The molecule has 1 fully saturated rings. The Labute approximate surface area is 153 Å². The summed E-state index contributed by atoms with van der Waals surface area (Å²) in [4.78, 5) is 36.7. The van der Waals surface area contributed by atoms with Gasteiger partial charge in [0, 0.05) is 25.6 Å². The van der Waals surface area contributed by atoms with Gasteiger partial charge in [-0.25, -0.2) is 4.79 Å². The Morgan fingerprint density at radius 3 is 2.96 bits per heavy atom. The quantitative estimate of drug-likeness (QED) is 0.516. The fourth-order valence-corrected chi connectivity index (χ4v) is 3.05. The Balaban J connectivity index is 2.85.